The normalized spacial score (nSPS) is 11.9. The number of hydrogen-bond acceptors (Lipinski definition) is 5. The van der Waals surface area contributed by atoms with Gasteiger partial charge in [-0.1, -0.05) is 30.3 Å². The molecule has 0 spiro atoms. The SMILES string of the molecule is CCOc1cccc2cc(C(C)NC(=O)c3ccc(=O)n(-c4ccccc4)n3)oc12. The third-order valence-electron chi connectivity index (χ3n) is 4.63. The smallest absolute Gasteiger partial charge is 0.272 e. The Morgan fingerprint density at radius 3 is 2.70 bits per heavy atom. The Balaban J connectivity index is 1.58. The Morgan fingerprint density at radius 1 is 1.13 bits per heavy atom. The number of amides is 1. The second-order valence-corrected chi connectivity index (χ2v) is 6.76. The largest absolute Gasteiger partial charge is 0.490 e. The highest BCUT2D eigenvalue weighted by Crippen LogP contribution is 2.31. The van der Waals surface area contributed by atoms with Crippen molar-refractivity contribution in [3.63, 3.8) is 0 Å². The van der Waals surface area contributed by atoms with Gasteiger partial charge in [-0.25, -0.2) is 0 Å². The molecule has 0 saturated heterocycles. The van der Waals surface area contributed by atoms with Gasteiger partial charge in [0.2, 0.25) is 0 Å². The summed E-state index contributed by atoms with van der Waals surface area (Å²) in [5, 5.41) is 7.98. The molecule has 1 N–H and O–H groups in total. The van der Waals surface area contributed by atoms with Gasteiger partial charge in [-0.05, 0) is 44.2 Å². The van der Waals surface area contributed by atoms with Gasteiger partial charge in [-0.3, -0.25) is 9.59 Å². The summed E-state index contributed by atoms with van der Waals surface area (Å²) in [6.07, 6.45) is 0. The maximum atomic E-state index is 12.8. The summed E-state index contributed by atoms with van der Waals surface area (Å²) >= 11 is 0. The predicted octanol–water partition coefficient (Wildman–Crippen LogP) is 3.87. The van der Waals surface area contributed by atoms with Gasteiger partial charge in [0.1, 0.15) is 11.5 Å². The molecular formula is C23H21N3O4. The summed E-state index contributed by atoms with van der Waals surface area (Å²) < 4.78 is 12.8. The van der Waals surface area contributed by atoms with E-state index in [1.54, 1.807) is 24.3 Å². The third kappa shape index (κ3) is 3.82. The number of aromatic nitrogens is 2. The molecule has 1 atom stereocenters. The van der Waals surface area contributed by atoms with Crippen LogP contribution in [0.15, 0.2) is 75.9 Å². The van der Waals surface area contributed by atoms with E-state index in [2.05, 4.69) is 10.4 Å². The van der Waals surface area contributed by atoms with Crippen LogP contribution in [0.1, 0.15) is 36.1 Å². The van der Waals surface area contributed by atoms with Gasteiger partial charge in [0.05, 0.1) is 18.3 Å². The molecule has 0 aliphatic rings. The second kappa shape index (κ2) is 8.24. The summed E-state index contributed by atoms with van der Waals surface area (Å²) in [5.74, 6) is 0.857. The molecule has 0 aliphatic carbocycles. The second-order valence-electron chi connectivity index (χ2n) is 6.76. The van der Waals surface area contributed by atoms with E-state index in [9.17, 15) is 9.59 Å². The maximum Gasteiger partial charge on any atom is 0.272 e. The summed E-state index contributed by atoms with van der Waals surface area (Å²) in [6.45, 7) is 4.26. The topological polar surface area (TPSA) is 86.4 Å². The van der Waals surface area contributed by atoms with Crippen LogP contribution in [-0.4, -0.2) is 22.3 Å². The molecule has 1 amide bonds. The molecule has 2 heterocycles. The average Bonchev–Trinajstić information content (AvgIpc) is 3.20. The van der Waals surface area contributed by atoms with Gasteiger partial charge in [0, 0.05) is 11.5 Å². The van der Waals surface area contributed by atoms with Crippen molar-refractivity contribution in [2.24, 2.45) is 0 Å². The number of benzene rings is 2. The molecule has 4 rings (SSSR count). The number of carbonyl (C=O) groups excluding carboxylic acids is 1. The summed E-state index contributed by atoms with van der Waals surface area (Å²) in [4.78, 5) is 24.9. The Kier molecular flexibility index (Phi) is 5.34. The van der Waals surface area contributed by atoms with E-state index in [0.29, 0.717) is 29.4 Å². The summed E-state index contributed by atoms with van der Waals surface area (Å²) in [5.41, 5.74) is 1.06. The van der Waals surface area contributed by atoms with E-state index in [0.717, 1.165) is 5.39 Å². The molecule has 7 nitrogen and oxygen atoms in total. The van der Waals surface area contributed by atoms with Crippen LogP contribution in [0.4, 0.5) is 0 Å². The van der Waals surface area contributed by atoms with Gasteiger partial charge in [-0.2, -0.15) is 9.78 Å². The first kappa shape index (κ1) is 19.4. The van der Waals surface area contributed by atoms with Gasteiger partial charge in [0.15, 0.2) is 11.3 Å². The highest BCUT2D eigenvalue weighted by atomic mass is 16.5. The number of para-hydroxylation sites is 2. The fourth-order valence-corrected chi connectivity index (χ4v) is 3.17. The molecule has 0 saturated carbocycles. The zero-order valence-corrected chi connectivity index (χ0v) is 16.7. The van der Waals surface area contributed by atoms with Crippen molar-refractivity contribution in [3.8, 4) is 11.4 Å². The number of nitrogens with zero attached hydrogens (tertiary/aromatic N) is 2. The molecule has 30 heavy (non-hydrogen) atoms. The number of carbonyl (C=O) groups is 1. The first-order valence-corrected chi connectivity index (χ1v) is 9.68. The minimum atomic E-state index is -0.405. The van der Waals surface area contributed by atoms with E-state index < -0.39 is 11.9 Å². The molecule has 0 aliphatic heterocycles. The lowest BCUT2D eigenvalue weighted by Crippen LogP contribution is -2.30. The lowest BCUT2D eigenvalue weighted by atomic mass is 10.2. The zero-order chi connectivity index (χ0) is 21.1. The van der Waals surface area contributed by atoms with Crippen LogP contribution in [0.3, 0.4) is 0 Å². The predicted molar refractivity (Wildman–Crippen MR) is 113 cm³/mol. The molecule has 2 aromatic carbocycles. The molecule has 7 heteroatoms. The lowest BCUT2D eigenvalue weighted by Gasteiger charge is -2.12. The summed E-state index contributed by atoms with van der Waals surface area (Å²) in [6, 6.07) is 18.8. The standard InChI is InChI=1S/C23H21N3O4/c1-3-29-19-11-7-8-16-14-20(30-22(16)19)15(2)24-23(28)18-12-13-21(27)26(25-18)17-9-5-4-6-10-17/h4-15H,3H2,1-2H3,(H,24,28). The van der Waals surface area contributed by atoms with Crippen LogP contribution in [0.25, 0.3) is 16.7 Å². The molecular weight excluding hydrogens is 382 g/mol. The van der Waals surface area contributed by atoms with Crippen molar-refractivity contribution in [3.05, 3.63) is 88.5 Å². The van der Waals surface area contributed by atoms with E-state index in [1.165, 1.54) is 16.8 Å². The van der Waals surface area contributed by atoms with Crippen molar-refractivity contribution < 1.29 is 13.9 Å². The highest BCUT2D eigenvalue weighted by molar-refractivity contribution is 5.92. The van der Waals surface area contributed by atoms with Gasteiger partial charge in [-0.15, -0.1) is 0 Å². The van der Waals surface area contributed by atoms with E-state index in [4.69, 9.17) is 9.15 Å². The van der Waals surface area contributed by atoms with Crippen LogP contribution in [0.2, 0.25) is 0 Å². The number of fused-ring (bicyclic) bond motifs is 1. The highest BCUT2D eigenvalue weighted by Gasteiger charge is 2.18. The monoisotopic (exact) mass is 403 g/mol. The molecule has 1 unspecified atom stereocenters. The molecule has 0 radical (unpaired) electrons. The van der Waals surface area contributed by atoms with Crippen LogP contribution in [0, 0.1) is 0 Å². The van der Waals surface area contributed by atoms with Crippen molar-refractivity contribution >= 4 is 16.9 Å². The number of hydrogen-bond donors (Lipinski definition) is 1. The first-order chi connectivity index (χ1) is 14.6. The fourth-order valence-electron chi connectivity index (χ4n) is 3.17. The Hall–Kier alpha value is -3.87. The number of nitrogens with one attached hydrogen (secondary N) is 1. The molecule has 2 aromatic heterocycles. The number of rotatable bonds is 6. The Bertz CT molecular complexity index is 1240. The molecule has 0 fully saturated rings. The lowest BCUT2D eigenvalue weighted by molar-refractivity contribution is 0.0929. The van der Waals surface area contributed by atoms with Crippen LogP contribution in [0.5, 0.6) is 5.75 Å². The van der Waals surface area contributed by atoms with Crippen molar-refractivity contribution in [1.82, 2.24) is 15.1 Å². The average molecular weight is 403 g/mol. The minimum Gasteiger partial charge on any atom is -0.490 e. The Labute approximate surface area is 172 Å². The first-order valence-electron chi connectivity index (χ1n) is 9.68. The van der Waals surface area contributed by atoms with E-state index in [1.807, 2.05) is 44.2 Å². The fraction of sp³-hybridized carbons (Fsp3) is 0.174. The van der Waals surface area contributed by atoms with Crippen molar-refractivity contribution in [2.45, 2.75) is 19.9 Å². The molecule has 0 bridgehead atoms. The third-order valence-corrected chi connectivity index (χ3v) is 4.63. The minimum absolute atomic E-state index is 0.136. The van der Waals surface area contributed by atoms with E-state index >= 15 is 0 Å². The Morgan fingerprint density at radius 2 is 1.93 bits per heavy atom. The van der Waals surface area contributed by atoms with Crippen molar-refractivity contribution in [1.29, 1.82) is 0 Å². The molecule has 152 valence electrons. The molecule has 4 aromatic rings. The number of ether oxygens (including phenoxy) is 1. The van der Waals surface area contributed by atoms with Crippen LogP contribution in [-0.2, 0) is 0 Å². The van der Waals surface area contributed by atoms with Crippen LogP contribution < -0.4 is 15.6 Å². The van der Waals surface area contributed by atoms with Crippen LogP contribution >= 0.6 is 0 Å². The summed E-state index contributed by atoms with van der Waals surface area (Å²) in [7, 11) is 0. The number of furan rings is 1. The quantitative estimate of drug-likeness (QED) is 0.528. The van der Waals surface area contributed by atoms with Gasteiger partial charge < -0.3 is 14.5 Å². The van der Waals surface area contributed by atoms with Gasteiger partial charge >= 0.3 is 0 Å². The van der Waals surface area contributed by atoms with E-state index in [-0.39, 0.29) is 11.3 Å². The van der Waals surface area contributed by atoms with Crippen molar-refractivity contribution in [2.75, 3.05) is 6.61 Å². The zero-order valence-electron chi connectivity index (χ0n) is 16.7. The maximum absolute atomic E-state index is 12.8. The van der Waals surface area contributed by atoms with Gasteiger partial charge in [0.25, 0.3) is 11.5 Å².